The van der Waals surface area contributed by atoms with Gasteiger partial charge in [0.05, 0.1) is 12.7 Å². The van der Waals surface area contributed by atoms with E-state index in [-0.39, 0.29) is 12.0 Å². The minimum atomic E-state index is -0.0197. The van der Waals surface area contributed by atoms with Crippen LogP contribution < -0.4 is 0 Å². The highest BCUT2D eigenvalue weighted by Gasteiger charge is 2.32. The molecular formula is C21H20N2O2. The number of nitrogens with zero attached hydrogens (tertiary/aromatic N) is 2. The molecule has 0 atom stereocenters. The van der Waals surface area contributed by atoms with E-state index in [1.807, 2.05) is 31.2 Å². The zero-order valence-electron chi connectivity index (χ0n) is 14.2. The van der Waals surface area contributed by atoms with Crippen LogP contribution in [0.3, 0.4) is 0 Å². The van der Waals surface area contributed by atoms with Crippen LogP contribution in [0.5, 0.6) is 0 Å². The molecule has 126 valence electrons. The predicted octanol–water partition coefficient (Wildman–Crippen LogP) is 3.58. The number of rotatable bonds is 4. The molecule has 0 bridgehead atoms. The average Bonchev–Trinajstić information content (AvgIpc) is 2.60. The van der Waals surface area contributed by atoms with Gasteiger partial charge < -0.3 is 9.64 Å². The Bertz CT molecular complexity index is 911. The van der Waals surface area contributed by atoms with E-state index in [4.69, 9.17) is 4.74 Å². The molecule has 4 nitrogen and oxygen atoms in total. The van der Waals surface area contributed by atoms with Crippen molar-refractivity contribution in [1.29, 1.82) is 0 Å². The number of pyridine rings is 1. The van der Waals surface area contributed by atoms with Gasteiger partial charge in [0.25, 0.3) is 5.91 Å². The number of ether oxygens (including phenoxy) is 1. The molecule has 0 N–H and O–H groups in total. The fourth-order valence-corrected chi connectivity index (χ4v) is 3.16. The number of aryl methyl sites for hydroxylation is 1. The molecule has 0 saturated carbocycles. The first-order valence-corrected chi connectivity index (χ1v) is 8.52. The lowest BCUT2D eigenvalue weighted by Gasteiger charge is -2.38. The SMILES string of the molecule is Cc1cccc(C(=O)N2CC(OCc3cccc4ccccc34)C2)n1. The van der Waals surface area contributed by atoms with Gasteiger partial charge >= 0.3 is 0 Å². The van der Waals surface area contributed by atoms with E-state index < -0.39 is 0 Å². The molecule has 0 radical (unpaired) electrons. The molecule has 2 aromatic carbocycles. The zero-order chi connectivity index (χ0) is 17.2. The van der Waals surface area contributed by atoms with Crippen molar-refractivity contribution in [1.82, 2.24) is 9.88 Å². The summed E-state index contributed by atoms with van der Waals surface area (Å²) in [7, 11) is 0. The highest BCUT2D eigenvalue weighted by atomic mass is 16.5. The van der Waals surface area contributed by atoms with Crippen molar-refractivity contribution in [3.8, 4) is 0 Å². The molecule has 0 aliphatic carbocycles. The molecule has 4 rings (SSSR count). The number of benzene rings is 2. The molecule has 4 heteroatoms. The summed E-state index contributed by atoms with van der Waals surface area (Å²) in [4.78, 5) is 18.5. The number of likely N-dealkylation sites (tertiary alicyclic amines) is 1. The number of carbonyl (C=O) groups is 1. The van der Waals surface area contributed by atoms with Gasteiger partial charge in [0.1, 0.15) is 5.69 Å². The van der Waals surface area contributed by atoms with Gasteiger partial charge in [-0.2, -0.15) is 0 Å². The maximum Gasteiger partial charge on any atom is 0.272 e. The maximum absolute atomic E-state index is 12.4. The van der Waals surface area contributed by atoms with Crippen LogP contribution in [0.15, 0.2) is 60.7 Å². The molecule has 25 heavy (non-hydrogen) atoms. The first kappa shape index (κ1) is 15.8. The lowest BCUT2D eigenvalue weighted by molar-refractivity contribution is -0.0501. The highest BCUT2D eigenvalue weighted by Crippen LogP contribution is 2.22. The molecular weight excluding hydrogens is 312 g/mol. The van der Waals surface area contributed by atoms with Crippen LogP contribution in [0.1, 0.15) is 21.7 Å². The Morgan fingerprint density at radius 3 is 2.68 bits per heavy atom. The number of amides is 1. The third-order valence-corrected chi connectivity index (χ3v) is 4.60. The van der Waals surface area contributed by atoms with E-state index in [0.29, 0.717) is 25.4 Å². The van der Waals surface area contributed by atoms with E-state index >= 15 is 0 Å². The summed E-state index contributed by atoms with van der Waals surface area (Å²) in [5.41, 5.74) is 2.55. The largest absolute Gasteiger partial charge is 0.370 e. The Labute approximate surface area is 147 Å². The Morgan fingerprint density at radius 1 is 1.08 bits per heavy atom. The quantitative estimate of drug-likeness (QED) is 0.733. The van der Waals surface area contributed by atoms with Crippen LogP contribution in [-0.2, 0) is 11.3 Å². The Hall–Kier alpha value is -2.72. The van der Waals surface area contributed by atoms with Crippen LogP contribution in [0.4, 0.5) is 0 Å². The van der Waals surface area contributed by atoms with E-state index in [0.717, 1.165) is 5.69 Å². The third kappa shape index (κ3) is 3.26. The molecule has 1 aliphatic rings. The van der Waals surface area contributed by atoms with E-state index in [2.05, 4.69) is 35.3 Å². The lowest BCUT2D eigenvalue weighted by Crippen LogP contribution is -2.54. The molecule has 3 aromatic rings. The first-order valence-electron chi connectivity index (χ1n) is 8.52. The summed E-state index contributed by atoms with van der Waals surface area (Å²) >= 11 is 0. The predicted molar refractivity (Wildman–Crippen MR) is 97.4 cm³/mol. The van der Waals surface area contributed by atoms with E-state index in [1.165, 1.54) is 16.3 Å². The number of fused-ring (bicyclic) bond motifs is 1. The number of aromatic nitrogens is 1. The van der Waals surface area contributed by atoms with Crippen LogP contribution in [0.2, 0.25) is 0 Å². The minimum Gasteiger partial charge on any atom is -0.370 e. The molecule has 2 heterocycles. The maximum atomic E-state index is 12.4. The summed E-state index contributed by atoms with van der Waals surface area (Å²) in [6, 6.07) is 20.1. The lowest BCUT2D eigenvalue weighted by atomic mass is 10.1. The summed E-state index contributed by atoms with van der Waals surface area (Å²) < 4.78 is 6.00. The zero-order valence-corrected chi connectivity index (χ0v) is 14.2. The highest BCUT2D eigenvalue weighted by molar-refractivity contribution is 5.93. The second kappa shape index (κ2) is 6.65. The average molecular weight is 332 g/mol. The van der Waals surface area contributed by atoms with Gasteiger partial charge in [-0.25, -0.2) is 4.98 Å². The molecule has 1 saturated heterocycles. The second-order valence-electron chi connectivity index (χ2n) is 6.45. The molecule has 0 unspecified atom stereocenters. The van der Waals surface area contributed by atoms with Crippen molar-refractivity contribution in [2.45, 2.75) is 19.6 Å². The Balaban J connectivity index is 1.35. The van der Waals surface area contributed by atoms with Crippen LogP contribution in [-0.4, -0.2) is 35.0 Å². The number of hydrogen-bond donors (Lipinski definition) is 0. The normalized spacial score (nSPS) is 14.5. The standard InChI is InChI=1S/C21H20N2O2/c1-15-6-4-11-20(22-15)21(24)23-12-18(13-23)25-14-17-9-5-8-16-7-2-3-10-19(16)17/h2-11,18H,12-14H2,1H3. The van der Waals surface area contributed by atoms with Crippen molar-refractivity contribution in [2.75, 3.05) is 13.1 Å². The summed E-state index contributed by atoms with van der Waals surface area (Å²) in [5, 5.41) is 2.45. The Kier molecular flexibility index (Phi) is 4.20. The smallest absolute Gasteiger partial charge is 0.272 e. The van der Waals surface area contributed by atoms with Crippen LogP contribution in [0.25, 0.3) is 10.8 Å². The van der Waals surface area contributed by atoms with Crippen molar-refractivity contribution >= 4 is 16.7 Å². The molecule has 1 aliphatic heterocycles. The van der Waals surface area contributed by atoms with Gasteiger partial charge in [-0.3, -0.25) is 4.79 Å². The number of carbonyl (C=O) groups excluding carboxylic acids is 1. The van der Waals surface area contributed by atoms with Crippen molar-refractivity contribution in [2.24, 2.45) is 0 Å². The molecule has 0 spiro atoms. The molecule has 1 fully saturated rings. The van der Waals surface area contributed by atoms with Crippen molar-refractivity contribution < 1.29 is 9.53 Å². The van der Waals surface area contributed by atoms with Crippen LogP contribution in [0, 0.1) is 6.92 Å². The van der Waals surface area contributed by atoms with Gasteiger partial charge in [-0.15, -0.1) is 0 Å². The fourth-order valence-electron chi connectivity index (χ4n) is 3.16. The second-order valence-corrected chi connectivity index (χ2v) is 6.45. The number of hydrogen-bond acceptors (Lipinski definition) is 3. The van der Waals surface area contributed by atoms with Gasteiger partial charge in [0, 0.05) is 18.8 Å². The minimum absolute atomic E-state index is 0.0197. The molecule has 1 aromatic heterocycles. The van der Waals surface area contributed by atoms with Gasteiger partial charge in [0.15, 0.2) is 0 Å². The first-order chi connectivity index (χ1) is 12.2. The summed E-state index contributed by atoms with van der Waals surface area (Å²) in [6.45, 7) is 3.71. The van der Waals surface area contributed by atoms with Gasteiger partial charge in [-0.1, -0.05) is 48.5 Å². The fraction of sp³-hybridized carbons (Fsp3) is 0.238. The third-order valence-electron chi connectivity index (χ3n) is 4.60. The van der Waals surface area contributed by atoms with Crippen molar-refractivity contribution in [3.05, 3.63) is 77.6 Å². The van der Waals surface area contributed by atoms with E-state index in [1.54, 1.807) is 11.0 Å². The summed E-state index contributed by atoms with van der Waals surface area (Å²) in [5.74, 6) is -0.0197. The van der Waals surface area contributed by atoms with Crippen LogP contribution >= 0.6 is 0 Å². The summed E-state index contributed by atoms with van der Waals surface area (Å²) in [6.07, 6.45) is 0.0905. The van der Waals surface area contributed by atoms with Gasteiger partial charge in [-0.05, 0) is 35.4 Å². The van der Waals surface area contributed by atoms with E-state index in [9.17, 15) is 4.79 Å². The Morgan fingerprint density at radius 2 is 1.84 bits per heavy atom. The topological polar surface area (TPSA) is 42.4 Å². The van der Waals surface area contributed by atoms with Crippen molar-refractivity contribution in [3.63, 3.8) is 0 Å². The molecule has 1 amide bonds. The monoisotopic (exact) mass is 332 g/mol. The van der Waals surface area contributed by atoms with Gasteiger partial charge in [0.2, 0.25) is 0 Å².